The summed E-state index contributed by atoms with van der Waals surface area (Å²) in [7, 11) is 0. The normalized spacial score (nSPS) is 28.9. The zero-order chi connectivity index (χ0) is 15.8. The first-order valence-electron chi connectivity index (χ1n) is 8.72. The molecule has 2 aromatic rings. The van der Waals surface area contributed by atoms with Crippen LogP contribution < -0.4 is 10.6 Å². The van der Waals surface area contributed by atoms with E-state index in [0.717, 1.165) is 25.9 Å². The summed E-state index contributed by atoms with van der Waals surface area (Å²) in [5.41, 5.74) is 1.30. The molecule has 0 radical (unpaired) electrons. The standard InChI is InChI=1S/C20H24N2O.ClH/c1-13-8-9-21-12-19(13)22-20(23)18-11-17(18)16-7-6-14-4-2-3-5-15(14)10-16;/h2-7,10,13,17-19,21H,8-9,11-12H2,1H3,(H,22,23);1H. The quantitative estimate of drug-likeness (QED) is 0.895. The number of carbonyl (C=O) groups excluding carboxylic acids is 1. The van der Waals surface area contributed by atoms with E-state index in [1.807, 2.05) is 0 Å². The van der Waals surface area contributed by atoms with E-state index in [1.54, 1.807) is 0 Å². The Morgan fingerprint density at radius 2 is 1.96 bits per heavy atom. The van der Waals surface area contributed by atoms with E-state index in [4.69, 9.17) is 0 Å². The van der Waals surface area contributed by atoms with Crippen molar-refractivity contribution in [3.8, 4) is 0 Å². The van der Waals surface area contributed by atoms with Gasteiger partial charge in [0.25, 0.3) is 0 Å². The summed E-state index contributed by atoms with van der Waals surface area (Å²) < 4.78 is 0. The van der Waals surface area contributed by atoms with Gasteiger partial charge < -0.3 is 10.6 Å². The number of fused-ring (bicyclic) bond motifs is 1. The largest absolute Gasteiger partial charge is 0.352 e. The first kappa shape index (κ1) is 17.2. The third-order valence-corrected chi connectivity index (χ3v) is 5.48. The first-order chi connectivity index (χ1) is 11.2. The highest BCUT2D eigenvalue weighted by molar-refractivity contribution is 5.86. The zero-order valence-electron chi connectivity index (χ0n) is 14.0. The summed E-state index contributed by atoms with van der Waals surface area (Å²) in [4.78, 5) is 12.5. The molecule has 2 aromatic carbocycles. The van der Waals surface area contributed by atoms with Crippen molar-refractivity contribution in [2.75, 3.05) is 13.1 Å². The summed E-state index contributed by atoms with van der Waals surface area (Å²) >= 11 is 0. The Labute approximate surface area is 149 Å². The molecule has 0 bridgehead atoms. The average molecular weight is 345 g/mol. The van der Waals surface area contributed by atoms with Gasteiger partial charge in [-0.3, -0.25) is 4.79 Å². The van der Waals surface area contributed by atoms with Crippen molar-refractivity contribution in [1.82, 2.24) is 10.6 Å². The van der Waals surface area contributed by atoms with Crippen molar-refractivity contribution in [3.63, 3.8) is 0 Å². The number of nitrogens with one attached hydrogen (secondary N) is 2. The summed E-state index contributed by atoms with van der Waals surface area (Å²) in [6.07, 6.45) is 2.13. The molecule has 1 aliphatic heterocycles. The fourth-order valence-corrected chi connectivity index (χ4v) is 3.76. The van der Waals surface area contributed by atoms with Gasteiger partial charge in [0.05, 0.1) is 0 Å². The third-order valence-electron chi connectivity index (χ3n) is 5.48. The molecule has 2 aliphatic rings. The van der Waals surface area contributed by atoms with Gasteiger partial charge in [-0.2, -0.15) is 0 Å². The topological polar surface area (TPSA) is 41.1 Å². The molecule has 1 heterocycles. The fraction of sp³-hybridized carbons (Fsp3) is 0.450. The van der Waals surface area contributed by atoms with Crippen LogP contribution in [0.15, 0.2) is 42.5 Å². The van der Waals surface area contributed by atoms with Crippen molar-refractivity contribution in [2.24, 2.45) is 11.8 Å². The lowest BCUT2D eigenvalue weighted by Crippen LogP contribution is -2.50. The van der Waals surface area contributed by atoms with Crippen molar-refractivity contribution in [2.45, 2.75) is 31.7 Å². The molecule has 3 nitrogen and oxygen atoms in total. The highest BCUT2D eigenvalue weighted by Gasteiger charge is 2.44. The molecule has 4 heteroatoms. The maximum absolute atomic E-state index is 12.5. The fourth-order valence-electron chi connectivity index (χ4n) is 3.76. The second-order valence-corrected chi connectivity index (χ2v) is 7.14. The van der Waals surface area contributed by atoms with Gasteiger partial charge >= 0.3 is 0 Å². The molecular formula is C20H25ClN2O. The van der Waals surface area contributed by atoms with Crippen LogP contribution >= 0.6 is 12.4 Å². The molecule has 2 N–H and O–H groups in total. The lowest BCUT2D eigenvalue weighted by atomic mass is 9.94. The Morgan fingerprint density at radius 3 is 2.75 bits per heavy atom. The van der Waals surface area contributed by atoms with E-state index in [9.17, 15) is 4.79 Å². The average Bonchev–Trinajstić information content (AvgIpc) is 3.37. The molecular weight excluding hydrogens is 320 g/mol. The van der Waals surface area contributed by atoms with Gasteiger partial charge in [0, 0.05) is 18.5 Å². The van der Waals surface area contributed by atoms with E-state index in [1.165, 1.54) is 16.3 Å². The van der Waals surface area contributed by atoms with Gasteiger partial charge in [0.1, 0.15) is 0 Å². The molecule has 4 atom stereocenters. The van der Waals surface area contributed by atoms with Gasteiger partial charge in [0.15, 0.2) is 0 Å². The number of piperidine rings is 1. The second kappa shape index (κ2) is 7.12. The maximum Gasteiger partial charge on any atom is 0.224 e. The number of hydrogen-bond acceptors (Lipinski definition) is 2. The number of halogens is 1. The molecule has 24 heavy (non-hydrogen) atoms. The Morgan fingerprint density at radius 1 is 1.17 bits per heavy atom. The molecule has 2 fully saturated rings. The van der Waals surface area contributed by atoms with Crippen molar-refractivity contribution < 1.29 is 4.79 Å². The molecule has 1 amide bonds. The summed E-state index contributed by atoms with van der Waals surface area (Å²) in [6.45, 7) is 4.20. The van der Waals surface area contributed by atoms with Crippen LogP contribution in [-0.2, 0) is 4.79 Å². The van der Waals surface area contributed by atoms with Crippen molar-refractivity contribution >= 4 is 29.1 Å². The van der Waals surface area contributed by atoms with Gasteiger partial charge in [-0.1, -0.05) is 49.4 Å². The van der Waals surface area contributed by atoms with Crippen molar-refractivity contribution in [3.05, 3.63) is 48.0 Å². The monoisotopic (exact) mass is 344 g/mol. The number of rotatable bonds is 3. The van der Waals surface area contributed by atoms with Crippen LogP contribution in [0.25, 0.3) is 10.8 Å². The molecule has 4 rings (SSSR count). The Hall–Kier alpha value is -1.58. The molecule has 1 saturated heterocycles. The first-order valence-corrected chi connectivity index (χ1v) is 8.72. The number of amides is 1. The van der Waals surface area contributed by atoms with Gasteiger partial charge in [-0.25, -0.2) is 0 Å². The Bertz CT molecular complexity index is 732. The summed E-state index contributed by atoms with van der Waals surface area (Å²) in [5, 5.41) is 9.17. The van der Waals surface area contributed by atoms with Gasteiger partial charge in [-0.15, -0.1) is 12.4 Å². The number of hydrogen-bond donors (Lipinski definition) is 2. The third kappa shape index (κ3) is 3.42. The van der Waals surface area contributed by atoms with Gasteiger partial charge in [-0.05, 0) is 47.6 Å². The van der Waals surface area contributed by atoms with E-state index < -0.39 is 0 Å². The second-order valence-electron chi connectivity index (χ2n) is 7.14. The van der Waals surface area contributed by atoms with Crippen LogP contribution in [0.5, 0.6) is 0 Å². The molecule has 0 spiro atoms. The van der Waals surface area contributed by atoms with Crippen LogP contribution in [0.3, 0.4) is 0 Å². The minimum atomic E-state index is 0. The number of carbonyl (C=O) groups is 1. The molecule has 4 unspecified atom stereocenters. The smallest absolute Gasteiger partial charge is 0.224 e. The Kier molecular flexibility index (Phi) is 5.12. The van der Waals surface area contributed by atoms with Crippen LogP contribution in [0.4, 0.5) is 0 Å². The minimum absolute atomic E-state index is 0. The van der Waals surface area contributed by atoms with E-state index in [-0.39, 0.29) is 30.3 Å². The molecule has 128 valence electrons. The Balaban J connectivity index is 0.00000169. The zero-order valence-corrected chi connectivity index (χ0v) is 14.8. The summed E-state index contributed by atoms with van der Waals surface area (Å²) in [6, 6.07) is 15.3. The highest BCUT2D eigenvalue weighted by Crippen LogP contribution is 2.48. The SMILES string of the molecule is CC1CCNCC1NC(=O)C1CC1c1ccc2ccccc2c1.Cl. The predicted octanol–water partition coefficient (Wildman–Crippen LogP) is 3.48. The van der Waals surface area contributed by atoms with Crippen LogP contribution in [0.2, 0.25) is 0 Å². The van der Waals surface area contributed by atoms with Crippen molar-refractivity contribution in [1.29, 1.82) is 0 Å². The van der Waals surface area contributed by atoms with Gasteiger partial charge in [0.2, 0.25) is 5.91 Å². The lowest BCUT2D eigenvalue weighted by Gasteiger charge is -2.30. The van der Waals surface area contributed by atoms with E-state index in [2.05, 4.69) is 60.0 Å². The van der Waals surface area contributed by atoms with E-state index in [0.29, 0.717) is 11.8 Å². The molecule has 1 aliphatic carbocycles. The highest BCUT2D eigenvalue weighted by atomic mass is 35.5. The number of benzene rings is 2. The maximum atomic E-state index is 12.5. The van der Waals surface area contributed by atoms with E-state index >= 15 is 0 Å². The van der Waals surface area contributed by atoms with Crippen LogP contribution in [-0.4, -0.2) is 25.0 Å². The molecule has 1 saturated carbocycles. The summed E-state index contributed by atoms with van der Waals surface area (Å²) in [5.74, 6) is 1.36. The molecule has 0 aromatic heterocycles. The van der Waals surface area contributed by atoms with Crippen LogP contribution in [0.1, 0.15) is 31.2 Å². The predicted molar refractivity (Wildman–Crippen MR) is 101 cm³/mol. The van der Waals surface area contributed by atoms with Crippen LogP contribution in [0, 0.1) is 11.8 Å². The lowest BCUT2D eigenvalue weighted by molar-refractivity contribution is -0.123. The minimum Gasteiger partial charge on any atom is -0.352 e.